The molecule has 1 aliphatic heterocycles. The summed E-state index contributed by atoms with van der Waals surface area (Å²) >= 11 is 0. The smallest absolute Gasteiger partial charge is 0.409 e. The molecule has 0 radical (unpaired) electrons. The number of carboxylic acid groups (broad SMARTS) is 1. The monoisotopic (exact) mass is 584 g/mol. The van der Waals surface area contributed by atoms with E-state index < -0.39 is 5.97 Å². The van der Waals surface area contributed by atoms with Gasteiger partial charge in [0.15, 0.2) is 0 Å². The summed E-state index contributed by atoms with van der Waals surface area (Å²) in [6, 6.07) is 28.2. The molecule has 0 spiro atoms. The molecule has 4 aromatic rings. The summed E-state index contributed by atoms with van der Waals surface area (Å²) in [6.45, 7) is 5.22. The van der Waals surface area contributed by atoms with Gasteiger partial charge in [0.1, 0.15) is 6.61 Å². The van der Waals surface area contributed by atoms with Gasteiger partial charge in [-0.05, 0) is 49.4 Å². The van der Waals surface area contributed by atoms with Gasteiger partial charge in [-0.25, -0.2) is 9.59 Å². The van der Waals surface area contributed by atoms with Crippen LogP contribution in [0, 0.1) is 0 Å². The molecular formula is C34H40N4O5. The van der Waals surface area contributed by atoms with Gasteiger partial charge in [-0.15, -0.1) is 0 Å². The van der Waals surface area contributed by atoms with Crippen LogP contribution in [0.25, 0.3) is 11.0 Å². The van der Waals surface area contributed by atoms with E-state index in [1.54, 1.807) is 9.47 Å². The van der Waals surface area contributed by atoms with Gasteiger partial charge in [0.2, 0.25) is 0 Å². The summed E-state index contributed by atoms with van der Waals surface area (Å²) in [6.07, 6.45) is 1.36. The number of carbonyl (C=O) groups is 2. The number of carboxylic acids is 1. The molecule has 2 heterocycles. The highest BCUT2D eigenvalue weighted by Gasteiger charge is 2.28. The molecule has 1 amide bonds. The van der Waals surface area contributed by atoms with Crippen molar-refractivity contribution in [3.63, 3.8) is 0 Å². The second kappa shape index (κ2) is 14.2. The Balaban J connectivity index is 1.19. The van der Waals surface area contributed by atoms with Crippen LogP contribution in [0.15, 0.2) is 89.7 Å². The maximum atomic E-state index is 13.5. The van der Waals surface area contributed by atoms with Crippen molar-refractivity contribution in [3.8, 4) is 0 Å². The van der Waals surface area contributed by atoms with Gasteiger partial charge in [-0.1, -0.05) is 72.8 Å². The lowest BCUT2D eigenvalue weighted by molar-refractivity contribution is -0.137. The first-order valence-corrected chi connectivity index (χ1v) is 15.1. The minimum absolute atomic E-state index is 0.00716. The maximum Gasteiger partial charge on any atom is 0.409 e. The number of ether oxygens (including phenoxy) is 1. The molecular weight excluding hydrogens is 544 g/mol. The molecule has 43 heavy (non-hydrogen) atoms. The topological polar surface area (TPSA) is 97.0 Å². The van der Waals surface area contributed by atoms with E-state index in [-0.39, 0.29) is 36.9 Å². The number of para-hydroxylation sites is 2. The lowest BCUT2D eigenvalue weighted by Crippen LogP contribution is -2.43. The second-order valence-corrected chi connectivity index (χ2v) is 11.3. The average molecular weight is 585 g/mol. The minimum Gasteiger partial charge on any atom is -0.481 e. The molecule has 1 unspecified atom stereocenters. The van der Waals surface area contributed by atoms with E-state index in [0.717, 1.165) is 24.1 Å². The lowest BCUT2D eigenvalue weighted by Gasteiger charge is -2.33. The maximum absolute atomic E-state index is 13.5. The Morgan fingerprint density at radius 2 is 1.44 bits per heavy atom. The van der Waals surface area contributed by atoms with Gasteiger partial charge in [0, 0.05) is 51.2 Å². The zero-order valence-electron chi connectivity index (χ0n) is 24.7. The number of aryl methyl sites for hydroxylation is 1. The van der Waals surface area contributed by atoms with Crippen molar-refractivity contribution in [3.05, 3.63) is 107 Å². The van der Waals surface area contributed by atoms with Crippen LogP contribution in [0.4, 0.5) is 4.79 Å². The van der Waals surface area contributed by atoms with Crippen LogP contribution < -0.4 is 5.69 Å². The van der Waals surface area contributed by atoms with Crippen molar-refractivity contribution in [2.75, 3.05) is 19.7 Å². The van der Waals surface area contributed by atoms with Gasteiger partial charge in [-0.3, -0.25) is 18.8 Å². The molecule has 1 N–H and O–H groups in total. The molecule has 9 nitrogen and oxygen atoms in total. The van der Waals surface area contributed by atoms with Crippen LogP contribution in [0.3, 0.4) is 0 Å². The number of aromatic nitrogens is 2. The zero-order chi connectivity index (χ0) is 30.2. The molecule has 1 fully saturated rings. The fraction of sp³-hybridized carbons (Fsp3) is 0.382. The number of hydrogen-bond donors (Lipinski definition) is 1. The van der Waals surface area contributed by atoms with E-state index >= 15 is 0 Å². The second-order valence-electron chi connectivity index (χ2n) is 11.3. The van der Waals surface area contributed by atoms with Crippen LogP contribution in [0.5, 0.6) is 0 Å². The van der Waals surface area contributed by atoms with Crippen molar-refractivity contribution < 1.29 is 19.4 Å². The number of aliphatic carboxylic acids is 1. The molecule has 1 aliphatic rings. The highest BCUT2D eigenvalue weighted by Crippen LogP contribution is 2.26. The first-order chi connectivity index (χ1) is 20.9. The average Bonchev–Trinajstić information content (AvgIpc) is 3.31. The SMILES string of the molecule is CC(COC(=O)N1CCC(n2c(=O)n(CCCC(=O)O)c3ccccc32)CC1)N(Cc1ccccc1)Cc1ccccc1. The Morgan fingerprint density at radius 3 is 2.02 bits per heavy atom. The Hall–Kier alpha value is -4.37. The van der Waals surface area contributed by atoms with Crippen LogP contribution >= 0.6 is 0 Å². The number of fused-ring (bicyclic) bond motifs is 1. The van der Waals surface area contributed by atoms with Gasteiger partial charge in [0.05, 0.1) is 11.0 Å². The third kappa shape index (κ3) is 7.53. The van der Waals surface area contributed by atoms with Crippen molar-refractivity contribution in [2.24, 2.45) is 0 Å². The van der Waals surface area contributed by atoms with Gasteiger partial charge < -0.3 is 14.7 Å². The predicted octanol–water partition coefficient (Wildman–Crippen LogP) is 5.53. The Bertz CT molecular complexity index is 1520. The van der Waals surface area contributed by atoms with Gasteiger partial charge >= 0.3 is 17.8 Å². The number of benzene rings is 3. The van der Waals surface area contributed by atoms with Crippen molar-refractivity contribution in [1.29, 1.82) is 0 Å². The molecule has 1 aromatic heterocycles. The van der Waals surface area contributed by atoms with Crippen LogP contribution in [0.2, 0.25) is 0 Å². The Kier molecular flexibility index (Phi) is 9.94. The van der Waals surface area contributed by atoms with Crippen LogP contribution in [0.1, 0.15) is 49.8 Å². The fourth-order valence-electron chi connectivity index (χ4n) is 5.89. The number of amides is 1. The number of imidazole rings is 1. The molecule has 1 atom stereocenters. The molecule has 1 saturated heterocycles. The quantitative estimate of drug-likeness (QED) is 0.235. The van der Waals surface area contributed by atoms with Crippen molar-refractivity contribution in [2.45, 2.75) is 64.3 Å². The minimum atomic E-state index is -0.870. The predicted molar refractivity (Wildman–Crippen MR) is 166 cm³/mol. The summed E-state index contributed by atoms with van der Waals surface area (Å²) in [5.41, 5.74) is 3.94. The largest absolute Gasteiger partial charge is 0.481 e. The number of hydrogen-bond acceptors (Lipinski definition) is 5. The van der Waals surface area contributed by atoms with E-state index in [2.05, 4.69) is 36.1 Å². The van der Waals surface area contributed by atoms with Crippen LogP contribution in [-0.2, 0) is 29.2 Å². The molecule has 0 aliphatic carbocycles. The highest BCUT2D eigenvalue weighted by atomic mass is 16.6. The first-order valence-electron chi connectivity index (χ1n) is 15.1. The van der Waals surface area contributed by atoms with E-state index in [0.29, 0.717) is 38.9 Å². The standard InChI is InChI=1S/C34H40N4O5/c1-26(36(23-27-11-4-2-5-12-27)24-28-13-6-3-7-14-28)25-43-34(42)35-21-18-29(19-22-35)38-31-16-9-8-15-30(31)37(33(38)41)20-10-17-32(39)40/h2-9,11-16,26,29H,10,17-25H2,1H3,(H,39,40). The number of carbonyl (C=O) groups excluding carboxylic acids is 1. The molecule has 226 valence electrons. The fourth-order valence-corrected chi connectivity index (χ4v) is 5.89. The molecule has 0 saturated carbocycles. The van der Waals surface area contributed by atoms with Crippen LogP contribution in [-0.4, -0.2) is 61.8 Å². The van der Waals surface area contributed by atoms with E-state index in [4.69, 9.17) is 9.84 Å². The summed E-state index contributed by atoms with van der Waals surface area (Å²) in [7, 11) is 0. The first kappa shape index (κ1) is 30.1. The summed E-state index contributed by atoms with van der Waals surface area (Å²) < 4.78 is 9.33. The van der Waals surface area contributed by atoms with Crippen molar-refractivity contribution in [1.82, 2.24) is 18.9 Å². The molecule has 9 heteroatoms. The molecule has 5 rings (SSSR count). The van der Waals surface area contributed by atoms with E-state index in [1.165, 1.54) is 11.1 Å². The molecule has 0 bridgehead atoms. The number of likely N-dealkylation sites (tertiary alicyclic amines) is 1. The van der Waals surface area contributed by atoms with Gasteiger partial charge in [0.25, 0.3) is 0 Å². The Labute approximate surface area is 251 Å². The molecule has 3 aromatic carbocycles. The summed E-state index contributed by atoms with van der Waals surface area (Å²) in [4.78, 5) is 41.6. The zero-order valence-corrected chi connectivity index (χ0v) is 24.7. The third-order valence-electron chi connectivity index (χ3n) is 8.26. The van der Waals surface area contributed by atoms with Gasteiger partial charge in [-0.2, -0.15) is 0 Å². The normalized spacial score (nSPS) is 14.7. The van der Waals surface area contributed by atoms with E-state index in [9.17, 15) is 14.4 Å². The highest BCUT2D eigenvalue weighted by molar-refractivity contribution is 5.76. The Morgan fingerprint density at radius 1 is 0.884 bits per heavy atom. The van der Waals surface area contributed by atoms with Crippen molar-refractivity contribution >= 4 is 23.1 Å². The number of rotatable bonds is 12. The summed E-state index contributed by atoms with van der Waals surface area (Å²) in [5, 5.41) is 9.03. The number of nitrogens with zero attached hydrogens (tertiary/aromatic N) is 4. The van der Waals surface area contributed by atoms with E-state index in [1.807, 2.05) is 65.2 Å². The number of piperidine rings is 1. The third-order valence-corrected chi connectivity index (χ3v) is 8.26. The lowest BCUT2D eigenvalue weighted by atomic mass is 10.0. The summed E-state index contributed by atoms with van der Waals surface area (Å²) in [5.74, 6) is -0.870.